The minimum Gasteiger partial charge on any atom is -0.477 e. The van der Waals surface area contributed by atoms with E-state index >= 15 is 0 Å². The van der Waals surface area contributed by atoms with E-state index in [9.17, 15) is 19.2 Å². The van der Waals surface area contributed by atoms with Gasteiger partial charge in [0.15, 0.2) is 0 Å². The maximum Gasteiger partial charge on any atom is 0.524 e. The number of carboxylic acid groups (broad SMARTS) is 3. The number of imide groups is 1. The first-order chi connectivity index (χ1) is 9.55. The van der Waals surface area contributed by atoms with E-state index in [1.165, 1.54) is 6.92 Å². The lowest BCUT2D eigenvalue weighted by Crippen LogP contribution is -2.62. The highest BCUT2D eigenvalue weighted by Gasteiger charge is 2.52. The molecule has 0 rings (SSSR count). The van der Waals surface area contributed by atoms with E-state index in [0.29, 0.717) is 0 Å². The lowest BCUT2D eigenvalue weighted by Gasteiger charge is -2.27. The van der Waals surface area contributed by atoms with Crippen molar-refractivity contribution in [1.82, 2.24) is 5.32 Å². The molecule has 1 unspecified atom stereocenters. The summed E-state index contributed by atoms with van der Waals surface area (Å²) in [6, 6.07) is -1.67. The van der Waals surface area contributed by atoms with E-state index in [2.05, 4.69) is 11.9 Å². The van der Waals surface area contributed by atoms with Crippen LogP contribution in [0.25, 0.3) is 0 Å². The minimum atomic E-state index is -1.78. The maximum atomic E-state index is 11.2. The van der Waals surface area contributed by atoms with Gasteiger partial charge >= 0.3 is 18.2 Å². The molecule has 0 heterocycles. The molecule has 0 aliphatic heterocycles. The third-order valence-corrected chi connectivity index (χ3v) is 3.03. The molecule has 118 valence electrons. The third kappa shape index (κ3) is 4.56. The smallest absolute Gasteiger partial charge is 0.477 e. The van der Waals surface area contributed by atoms with E-state index in [1.807, 2.05) is 0 Å². The molecule has 1 atom stereocenters. The van der Waals surface area contributed by atoms with Crippen LogP contribution in [0.3, 0.4) is 0 Å². The van der Waals surface area contributed by atoms with E-state index < -0.39 is 34.6 Å². The summed E-state index contributed by atoms with van der Waals surface area (Å²) >= 11 is 0. The van der Waals surface area contributed by atoms with Crippen LogP contribution in [0, 0.1) is 0 Å². The van der Waals surface area contributed by atoms with Gasteiger partial charge in [-0.3, -0.25) is 4.79 Å². The Labute approximate surface area is 121 Å². The van der Waals surface area contributed by atoms with Gasteiger partial charge in [-0.2, -0.15) is 9.59 Å². The molecule has 21 heavy (non-hydrogen) atoms. The Hall–Kier alpha value is -2.42. The molecule has 0 aliphatic carbocycles. The number of carbonyl (C=O) groups is 4. The van der Waals surface area contributed by atoms with Crippen molar-refractivity contribution in [3.8, 4) is 0 Å². The second-order valence-corrected chi connectivity index (χ2v) is 4.67. The van der Waals surface area contributed by atoms with Crippen molar-refractivity contribution in [2.45, 2.75) is 25.8 Å². The van der Waals surface area contributed by atoms with Gasteiger partial charge in [-0.05, 0) is 13.3 Å². The van der Waals surface area contributed by atoms with Crippen molar-refractivity contribution in [1.29, 1.82) is 0 Å². The molecular weight excluding hydrogens is 284 g/mol. The Morgan fingerprint density at radius 1 is 1.14 bits per heavy atom. The average Bonchev–Trinajstić information content (AvgIpc) is 2.36. The van der Waals surface area contributed by atoms with Crippen LogP contribution < -0.4 is 5.32 Å². The topological polar surface area (TPSA) is 141 Å². The summed E-state index contributed by atoms with van der Waals surface area (Å²) in [6.45, 7) is 5.01. The molecule has 0 aromatic carbocycles. The number of aliphatic carboxylic acids is 1. The largest absolute Gasteiger partial charge is 0.524 e. The molecule has 4 N–H and O–H groups in total. The number of hydrogen-bond donors (Lipinski definition) is 4. The highest BCUT2D eigenvalue weighted by molar-refractivity contribution is 5.92. The number of rotatable bonds is 7. The molecule has 0 saturated carbocycles. The van der Waals surface area contributed by atoms with E-state index in [-0.39, 0.29) is 25.0 Å². The average molecular weight is 303 g/mol. The molecule has 0 aliphatic rings. The first-order valence-electron chi connectivity index (χ1n) is 6.04. The van der Waals surface area contributed by atoms with Gasteiger partial charge in [0.1, 0.15) is 0 Å². The fourth-order valence-corrected chi connectivity index (χ4v) is 1.60. The Kier molecular flexibility index (Phi) is 6.53. The first-order valence-corrected chi connectivity index (χ1v) is 6.04. The fraction of sp³-hybridized carbons (Fsp3) is 0.500. The normalized spacial score (nSPS) is 12.3. The van der Waals surface area contributed by atoms with Gasteiger partial charge in [-0.1, -0.05) is 6.58 Å². The van der Waals surface area contributed by atoms with Crippen molar-refractivity contribution >= 4 is 24.1 Å². The van der Waals surface area contributed by atoms with E-state index in [4.69, 9.17) is 15.3 Å². The summed E-state index contributed by atoms with van der Waals surface area (Å²) < 4.78 is -1.68. The quantitative estimate of drug-likeness (QED) is 0.308. The molecule has 9 nitrogen and oxygen atoms in total. The zero-order chi connectivity index (χ0) is 16.8. The van der Waals surface area contributed by atoms with Gasteiger partial charge in [-0.15, -0.1) is 4.48 Å². The maximum absolute atomic E-state index is 11.2. The van der Waals surface area contributed by atoms with Crippen molar-refractivity contribution < 1.29 is 39.0 Å². The van der Waals surface area contributed by atoms with Gasteiger partial charge in [0, 0.05) is 18.5 Å². The van der Waals surface area contributed by atoms with Crippen LogP contribution in [0.15, 0.2) is 12.2 Å². The predicted octanol–water partition coefficient (Wildman–Crippen LogP) is 0.715. The molecule has 0 bridgehead atoms. The molecule has 9 heteroatoms. The number of carbonyl (C=O) groups excluding carboxylic acids is 1. The number of nitrogens with zero attached hydrogens (tertiary/aromatic N) is 1. The number of likely N-dealkylation sites (N-methyl/N-ethyl adjacent to an activating group) is 1. The van der Waals surface area contributed by atoms with Crippen molar-refractivity contribution in [2.75, 3.05) is 13.6 Å². The molecule has 0 fully saturated rings. The van der Waals surface area contributed by atoms with Gasteiger partial charge in [-0.25, -0.2) is 4.79 Å². The van der Waals surface area contributed by atoms with Gasteiger partial charge in [0.05, 0.1) is 7.05 Å². The minimum absolute atomic E-state index is 0.0920. The molecule has 0 aromatic rings. The number of amides is 3. The van der Waals surface area contributed by atoms with Crippen LogP contribution in [0.5, 0.6) is 0 Å². The summed E-state index contributed by atoms with van der Waals surface area (Å²) in [5, 5.41) is 29.5. The van der Waals surface area contributed by atoms with E-state index in [1.54, 1.807) is 0 Å². The predicted molar refractivity (Wildman–Crippen MR) is 70.7 cm³/mol. The van der Waals surface area contributed by atoms with Crippen LogP contribution in [-0.2, 0) is 9.59 Å². The summed E-state index contributed by atoms with van der Waals surface area (Å²) in [7, 11) is 0.802. The van der Waals surface area contributed by atoms with Crippen molar-refractivity contribution in [3.63, 3.8) is 0 Å². The molecule has 0 saturated heterocycles. The number of nitrogens with one attached hydrogen (secondary N) is 1. The molecule has 0 radical (unpaired) electrons. The number of quaternary nitrogens is 1. The molecule has 0 aromatic heterocycles. The number of hydrogen-bond acceptors (Lipinski definition) is 4. The van der Waals surface area contributed by atoms with Crippen LogP contribution in [0.4, 0.5) is 9.59 Å². The lowest BCUT2D eigenvalue weighted by atomic mass is 10.1. The van der Waals surface area contributed by atoms with Crippen molar-refractivity contribution in [3.05, 3.63) is 12.2 Å². The Morgan fingerprint density at radius 3 is 1.95 bits per heavy atom. The monoisotopic (exact) mass is 303 g/mol. The fourth-order valence-electron chi connectivity index (χ4n) is 1.60. The second-order valence-electron chi connectivity index (χ2n) is 4.67. The summed E-state index contributed by atoms with van der Waals surface area (Å²) in [4.78, 5) is 44.5. The second kappa shape index (κ2) is 7.39. The zero-order valence-corrected chi connectivity index (χ0v) is 11.8. The lowest BCUT2D eigenvalue weighted by molar-refractivity contribution is -0.782. The van der Waals surface area contributed by atoms with Gasteiger partial charge in [0.2, 0.25) is 11.9 Å². The Bertz CT molecular complexity index is 458. The summed E-state index contributed by atoms with van der Waals surface area (Å²) in [5.41, 5.74) is 0.279. The highest BCUT2D eigenvalue weighted by Crippen LogP contribution is 2.17. The summed E-state index contributed by atoms with van der Waals surface area (Å²) in [5.74, 6) is -1.94. The summed E-state index contributed by atoms with van der Waals surface area (Å²) in [6.07, 6.45) is -3.66. The SMILES string of the molecule is C=C(C)C(=O)NCCCC(C(=O)O)[N+](C)(C(=O)O)C(=O)O. The Balaban J connectivity index is 4.83. The van der Waals surface area contributed by atoms with Gasteiger partial charge < -0.3 is 20.6 Å². The highest BCUT2D eigenvalue weighted by atomic mass is 16.4. The van der Waals surface area contributed by atoms with E-state index in [0.717, 1.165) is 7.05 Å². The third-order valence-electron chi connectivity index (χ3n) is 3.03. The van der Waals surface area contributed by atoms with Crippen LogP contribution in [-0.4, -0.2) is 63.5 Å². The molecular formula is C12H19N2O7+. The molecule has 3 amide bonds. The van der Waals surface area contributed by atoms with Gasteiger partial charge in [0.25, 0.3) is 0 Å². The standard InChI is InChI=1S/C12H18N2O7/c1-7(2)9(15)13-6-4-5-8(10(16)17)14(3,11(18)19)12(20)21/h8H,1,4-6H2,2-3H3,(H3-,13,15,16,17,18,19,20,21)/p+1. The first kappa shape index (κ1) is 18.6. The molecule has 0 spiro atoms. The zero-order valence-electron chi connectivity index (χ0n) is 11.8. The van der Waals surface area contributed by atoms with Crippen LogP contribution >= 0.6 is 0 Å². The number of carboxylic acids is 1. The Morgan fingerprint density at radius 2 is 1.62 bits per heavy atom. The van der Waals surface area contributed by atoms with Crippen LogP contribution in [0.2, 0.25) is 0 Å². The van der Waals surface area contributed by atoms with Crippen molar-refractivity contribution in [2.24, 2.45) is 0 Å². The van der Waals surface area contributed by atoms with Crippen LogP contribution in [0.1, 0.15) is 19.8 Å².